The largest absolute Gasteiger partial charge is 0.338 e. The molecule has 1 atom stereocenters. The van der Waals surface area contributed by atoms with Crippen molar-refractivity contribution in [3.63, 3.8) is 0 Å². The fourth-order valence-electron chi connectivity index (χ4n) is 3.93. The third-order valence-electron chi connectivity index (χ3n) is 5.13. The van der Waals surface area contributed by atoms with Crippen LogP contribution in [0.25, 0.3) is 0 Å². The second kappa shape index (κ2) is 6.28. The number of carbonyl (C=O) groups is 1. The van der Waals surface area contributed by atoms with Crippen LogP contribution in [0.4, 0.5) is 0 Å². The fourth-order valence-corrected chi connectivity index (χ4v) is 5.05. The minimum Gasteiger partial charge on any atom is -0.338 e. The molecule has 0 N–H and O–H groups in total. The lowest BCUT2D eigenvalue weighted by Crippen LogP contribution is -2.29. The first-order chi connectivity index (χ1) is 11.6. The maximum atomic E-state index is 13.0. The van der Waals surface area contributed by atoms with E-state index in [0.29, 0.717) is 0 Å². The molecule has 0 radical (unpaired) electrons. The van der Waals surface area contributed by atoms with Gasteiger partial charge in [0.1, 0.15) is 5.82 Å². The topological polar surface area (TPSA) is 46.1 Å². The molecule has 0 saturated carbocycles. The number of hydrogen-bond acceptors (Lipinski definition) is 4. The summed E-state index contributed by atoms with van der Waals surface area (Å²) in [6.45, 7) is 5.57. The SMILES string of the molecule is Cc1cc(C)nc([C@@H]2CCN(C(=O)c3csc4c3CCCC4)C2)n1. The van der Waals surface area contributed by atoms with Gasteiger partial charge in [0, 0.05) is 40.7 Å². The van der Waals surface area contributed by atoms with E-state index in [0.717, 1.165) is 55.1 Å². The summed E-state index contributed by atoms with van der Waals surface area (Å²) in [5, 5.41) is 2.08. The molecule has 24 heavy (non-hydrogen) atoms. The molecule has 0 unspecified atom stereocenters. The van der Waals surface area contributed by atoms with Gasteiger partial charge in [0.25, 0.3) is 5.91 Å². The van der Waals surface area contributed by atoms with E-state index < -0.39 is 0 Å². The maximum Gasteiger partial charge on any atom is 0.255 e. The molecule has 0 spiro atoms. The predicted octanol–water partition coefficient (Wildman–Crippen LogP) is 3.66. The first-order valence-electron chi connectivity index (χ1n) is 8.82. The molecule has 126 valence electrons. The van der Waals surface area contributed by atoms with Crippen molar-refractivity contribution in [2.75, 3.05) is 13.1 Å². The minimum absolute atomic E-state index is 0.210. The van der Waals surface area contributed by atoms with Gasteiger partial charge in [0.05, 0.1) is 5.56 Å². The Hall–Kier alpha value is -1.75. The summed E-state index contributed by atoms with van der Waals surface area (Å²) in [7, 11) is 0. The molecule has 1 fully saturated rings. The number of aryl methyl sites for hydroxylation is 3. The monoisotopic (exact) mass is 341 g/mol. The number of carbonyl (C=O) groups excluding carboxylic acids is 1. The van der Waals surface area contributed by atoms with Gasteiger partial charge in [-0.25, -0.2) is 9.97 Å². The Kier molecular flexibility index (Phi) is 4.12. The van der Waals surface area contributed by atoms with E-state index in [4.69, 9.17) is 0 Å². The third kappa shape index (κ3) is 2.86. The standard InChI is InChI=1S/C19H23N3OS/c1-12-9-13(2)21-18(20-12)14-7-8-22(10-14)19(23)16-11-24-17-6-4-3-5-15(16)17/h9,11,14H,3-8,10H2,1-2H3/t14-/m1/s1. The van der Waals surface area contributed by atoms with Crippen molar-refractivity contribution in [1.82, 2.24) is 14.9 Å². The predicted molar refractivity (Wildman–Crippen MR) is 95.7 cm³/mol. The summed E-state index contributed by atoms with van der Waals surface area (Å²) in [6.07, 6.45) is 5.64. The molecule has 1 amide bonds. The summed E-state index contributed by atoms with van der Waals surface area (Å²) < 4.78 is 0. The van der Waals surface area contributed by atoms with Crippen LogP contribution in [0, 0.1) is 13.8 Å². The first-order valence-corrected chi connectivity index (χ1v) is 9.70. The zero-order valence-electron chi connectivity index (χ0n) is 14.3. The molecule has 2 aliphatic rings. The van der Waals surface area contributed by atoms with Crippen molar-refractivity contribution in [2.24, 2.45) is 0 Å². The van der Waals surface area contributed by atoms with E-state index in [-0.39, 0.29) is 11.8 Å². The summed E-state index contributed by atoms with van der Waals surface area (Å²) >= 11 is 1.77. The van der Waals surface area contributed by atoms with E-state index in [1.807, 2.05) is 24.8 Å². The summed E-state index contributed by atoms with van der Waals surface area (Å²) in [5.41, 5.74) is 4.29. The van der Waals surface area contributed by atoms with E-state index in [9.17, 15) is 4.79 Å². The van der Waals surface area contributed by atoms with Gasteiger partial charge in [-0.15, -0.1) is 11.3 Å². The van der Waals surface area contributed by atoms with Gasteiger partial charge in [0.15, 0.2) is 0 Å². The average molecular weight is 341 g/mol. The van der Waals surface area contributed by atoms with Crippen LogP contribution in [0.15, 0.2) is 11.4 Å². The number of thiophene rings is 1. The normalized spacial score (nSPS) is 20.2. The van der Waals surface area contributed by atoms with Crippen LogP contribution in [0.5, 0.6) is 0 Å². The molecule has 0 aromatic carbocycles. The van der Waals surface area contributed by atoms with E-state index in [2.05, 4.69) is 15.3 Å². The van der Waals surface area contributed by atoms with Crippen LogP contribution in [-0.4, -0.2) is 33.9 Å². The van der Waals surface area contributed by atoms with Crippen molar-refractivity contribution >= 4 is 17.2 Å². The Morgan fingerprint density at radius 1 is 1.21 bits per heavy atom. The zero-order chi connectivity index (χ0) is 16.7. The molecule has 2 aromatic heterocycles. The van der Waals surface area contributed by atoms with Crippen molar-refractivity contribution in [3.8, 4) is 0 Å². The van der Waals surface area contributed by atoms with Gasteiger partial charge in [-0.2, -0.15) is 0 Å². The van der Waals surface area contributed by atoms with Gasteiger partial charge in [-0.3, -0.25) is 4.79 Å². The number of hydrogen-bond donors (Lipinski definition) is 0. The molecule has 1 aliphatic heterocycles. The molecule has 5 heteroatoms. The van der Waals surface area contributed by atoms with Gasteiger partial charge >= 0.3 is 0 Å². The smallest absolute Gasteiger partial charge is 0.255 e. The maximum absolute atomic E-state index is 13.0. The molecule has 1 saturated heterocycles. The highest BCUT2D eigenvalue weighted by molar-refractivity contribution is 7.10. The number of aromatic nitrogens is 2. The minimum atomic E-state index is 0.210. The number of nitrogens with zero attached hydrogens (tertiary/aromatic N) is 3. The number of likely N-dealkylation sites (tertiary alicyclic amines) is 1. The lowest BCUT2D eigenvalue weighted by atomic mass is 9.95. The Bertz CT molecular complexity index is 763. The van der Waals surface area contributed by atoms with Gasteiger partial charge in [-0.1, -0.05) is 0 Å². The number of rotatable bonds is 2. The second-order valence-electron chi connectivity index (χ2n) is 7.00. The second-order valence-corrected chi connectivity index (χ2v) is 7.97. The summed E-state index contributed by atoms with van der Waals surface area (Å²) in [4.78, 5) is 25.6. The molecule has 3 heterocycles. The quantitative estimate of drug-likeness (QED) is 0.837. The van der Waals surface area contributed by atoms with Crippen LogP contribution in [0.3, 0.4) is 0 Å². The fraction of sp³-hybridized carbons (Fsp3) is 0.526. The number of fused-ring (bicyclic) bond motifs is 1. The van der Waals surface area contributed by atoms with Crippen LogP contribution in [0.1, 0.15) is 63.2 Å². The van der Waals surface area contributed by atoms with Crippen molar-refractivity contribution in [1.29, 1.82) is 0 Å². The molecule has 0 bridgehead atoms. The lowest BCUT2D eigenvalue weighted by molar-refractivity contribution is 0.0790. The van der Waals surface area contributed by atoms with E-state index >= 15 is 0 Å². The van der Waals surface area contributed by atoms with Crippen molar-refractivity contribution in [3.05, 3.63) is 44.7 Å². The van der Waals surface area contributed by atoms with Crippen LogP contribution < -0.4 is 0 Å². The number of amides is 1. The Balaban J connectivity index is 1.52. The van der Waals surface area contributed by atoms with Crippen molar-refractivity contribution < 1.29 is 4.79 Å². The lowest BCUT2D eigenvalue weighted by Gasteiger charge is -2.18. The summed E-state index contributed by atoms with van der Waals surface area (Å²) in [6, 6.07) is 2.00. The van der Waals surface area contributed by atoms with E-state index in [1.165, 1.54) is 23.3 Å². The molecular weight excluding hydrogens is 318 g/mol. The highest BCUT2D eigenvalue weighted by Crippen LogP contribution is 2.33. The van der Waals surface area contributed by atoms with Crippen LogP contribution in [-0.2, 0) is 12.8 Å². The van der Waals surface area contributed by atoms with Crippen molar-refractivity contribution in [2.45, 2.75) is 51.9 Å². The van der Waals surface area contributed by atoms with Gasteiger partial charge < -0.3 is 4.90 Å². The zero-order valence-corrected chi connectivity index (χ0v) is 15.2. The molecule has 1 aliphatic carbocycles. The summed E-state index contributed by atoms with van der Waals surface area (Å²) in [5.74, 6) is 1.37. The molecule has 4 nitrogen and oxygen atoms in total. The highest BCUT2D eigenvalue weighted by atomic mass is 32.1. The third-order valence-corrected chi connectivity index (χ3v) is 6.22. The molecule has 2 aromatic rings. The van der Waals surface area contributed by atoms with Gasteiger partial charge in [0.2, 0.25) is 0 Å². The highest BCUT2D eigenvalue weighted by Gasteiger charge is 2.32. The Labute approximate surface area is 146 Å². The van der Waals surface area contributed by atoms with E-state index in [1.54, 1.807) is 11.3 Å². The van der Waals surface area contributed by atoms with Crippen LogP contribution >= 0.6 is 11.3 Å². The van der Waals surface area contributed by atoms with Crippen LogP contribution in [0.2, 0.25) is 0 Å². The van der Waals surface area contributed by atoms with Gasteiger partial charge in [-0.05, 0) is 57.6 Å². The molecular formula is C19H23N3OS. The Morgan fingerprint density at radius 3 is 2.75 bits per heavy atom. The Morgan fingerprint density at radius 2 is 1.96 bits per heavy atom. The first kappa shape index (κ1) is 15.8. The molecule has 4 rings (SSSR count). The average Bonchev–Trinajstić information content (AvgIpc) is 3.21.